The molecule has 0 fully saturated rings. The van der Waals surface area contributed by atoms with E-state index in [1.165, 1.54) is 11.3 Å². The fourth-order valence-electron chi connectivity index (χ4n) is 2.82. The Bertz CT molecular complexity index is 1020. The number of aromatic nitrogens is 3. The third-order valence-corrected chi connectivity index (χ3v) is 5.64. The number of thiazole rings is 1. The zero-order chi connectivity index (χ0) is 19.7. The van der Waals surface area contributed by atoms with Gasteiger partial charge in [-0.25, -0.2) is 9.78 Å². The summed E-state index contributed by atoms with van der Waals surface area (Å²) in [4.78, 5) is 29.4. The van der Waals surface area contributed by atoms with Gasteiger partial charge in [0.25, 0.3) is 5.91 Å². The van der Waals surface area contributed by atoms with E-state index in [1.54, 1.807) is 37.0 Å². The summed E-state index contributed by atoms with van der Waals surface area (Å²) in [7, 11) is 1.80. The van der Waals surface area contributed by atoms with Crippen LogP contribution in [0.15, 0.2) is 30.6 Å². The molecule has 0 saturated carbocycles. The van der Waals surface area contributed by atoms with E-state index in [-0.39, 0.29) is 0 Å². The average Bonchev–Trinajstić information content (AvgIpc) is 3.21. The number of carbonyl (C=O) groups is 2. The molecule has 3 aromatic rings. The molecule has 7 nitrogen and oxygen atoms in total. The highest BCUT2D eigenvalue weighted by molar-refractivity contribution is 7.17. The molecule has 0 spiro atoms. The lowest BCUT2D eigenvalue weighted by molar-refractivity contribution is -0.139. The topological polar surface area (TPSA) is 97.1 Å². The van der Waals surface area contributed by atoms with E-state index in [1.807, 2.05) is 26.1 Å². The van der Waals surface area contributed by atoms with Crippen molar-refractivity contribution in [3.8, 4) is 10.6 Å². The number of carboxylic acid groups (broad SMARTS) is 1. The maximum absolute atomic E-state index is 12.8. The van der Waals surface area contributed by atoms with Gasteiger partial charge in [0.05, 0.1) is 11.9 Å². The second-order valence-electron chi connectivity index (χ2n) is 6.37. The molecule has 1 amide bonds. The van der Waals surface area contributed by atoms with Gasteiger partial charge in [0.15, 0.2) is 6.04 Å². The molecule has 2 N–H and O–H groups in total. The molecule has 8 heteroatoms. The lowest BCUT2D eigenvalue weighted by Crippen LogP contribution is -2.34. The Balaban J connectivity index is 1.90. The lowest BCUT2D eigenvalue weighted by atomic mass is 9.97. The number of carbonyl (C=O) groups excluding carboxylic acids is 1. The second kappa shape index (κ2) is 7.32. The highest BCUT2D eigenvalue weighted by Crippen LogP contribution is 2.28. The summed E-state index contributed by atoms with van der Waals surface area (Å²) in [6.07, 6.45) is 3.49. The van der Waals surface area contributed by atoms with Crippen LogP contribution in [0, 0.1) is 20.8 Å². The number of hydrogen-bond acceptors (Lipinski definition) is 5. The normalized spacial score (nSPS) is 12.0. The predicted molar refractivity (Wildman–Crippen MR) is 103 cm³/mol. The van der Waals surface area contributed by atoms with Crippen LogP contribution in [0.2, 0.25) is 0 Å². The Kier molecular flexibility index (Phi) is 5.09. The number of rotatable bonds is 5. The van der Waals surface area contributed by atoms with Crippen molar-refractivity contribution < 1.29 is 14.7 Å². The third-order valence-electron chi connectivity index (χ3n) is 4.43. The van der Waals surface area contributed by atoms with Crippen molar-refractivity contribution in [2.45, 2.75) is 26.8 Å². The highest BCUT2D eigenvalue weighted by Gasteiger charge is 2.26. The van der Waals surface area contributed by atoms with Gasteiger partial charge in [0.1, 0.15) is 9.88 Å². The van der Waals surface area contributed by atoms with E-state index in [0.29, 0.717) is 21.1 Å². The quantitative estimate of drug-likeness (QED) is 0.705. The van der Waals surface area contributed by atoms with Gasteiger partial charge in [-0.2, -0.15) is 5.10 Å². The molecule has 27 heavy (non-hydrogen) atoms. The molecule has 0 bridgehead atoms. The van der Waals surface area contributed by atoms with Crippen LogP contribution in [-0.2, 0) is 11.8 Å². The summed E-state index contributed by atoms with van der Waals surface area (Å²) >= 11 is 1.22. The number of hydrogen-bond donors (Lipinski definition) is 2. The van der Waals surface area contributed by atoms with E-state index < -0.39 is 17.9 Å². The van der Waals surface area contributed by atoms with Crippen LogP contribution in [0.25, 0.3) is 10.6 Å². The highest BCUT2D eigenvalue weighted by atomic mass is 32.1. The fourth-order valence-corrected chi connectivity index (χ4v) is 3.76. The summed E-state index contributed by atoms with van der Waals surface area (Å²) in [6, 6.07) is 4.30. The van der Waals surface area contributed by atoms with Crippen molar-refractivity contribution in [3.63, 3.8) is 0 Å². The van der Waals surface area contributed by atoms with Crippen LogP contribution in [0.5, 0.6) is 0 Å². The van der Waals surface area contributed by atoms with Crippen molar-refractivity contribution in [2.75, 3.05) is 0 Å². The second-order valence-corrected chi connectivity index (χ2v) is 7.37. The monoisotopic (exact) mass is 384 g/mol. The maximum Gasteiger partial charge on any atom is 0.330 e. The van der Waals surface area contributed by atoms with E-state index in [4.69, 9.17) is 0 Å². The van der Waals surface area contributed by atoms with Crippen molar-refractivity contribution in [2.24, 2.45) is 7.05 Å². The average molecular weight is 384 g/mol. The zero-order valence-electron chi connectivity index (χ0n) is 15.5. The molecule has 140 valence electrons. The first kappa shape index (κ1) is 18.8. The number of amides is 1. The first-order chi connectivity index (χ1) is 12.8. The Morgan fingerprint density at radius 1 is 1.26 bits per heavy atom. The maximum atomic E-state index is 12.8. The van der Waals surface area contributed by atoms with Gasteiger partial charge in [-0.3, -0.25) is 9.48 Å². The zero-order valence-corrected chi connectivity index (χ0v) is 16.3. The first-order valence-electron chi connectivity index (χ1n) is 8.34. The van der Waals surface area contributed by atoms with Crippen molar-refractivity contribution in [1.82, 2.24) is 20.1 Å². The number of nitrogens with zero attached hydrogens (tertiary/aromatic N) is 3. The smallest absolute Gasteiger partial charge is 0.330 e. The number of carboxylic acids is 1. The van der Waals surface area contributed by atoms with Gasteiger partial charge in [0, 0.05) is 18.8 Å². The molecule has 2 heterocycles. The summed E-state index contributed by atoms with van der Waals surface area (Å²) in [6.45, 7) is 5.50. The molecular weight excluding hydrogens is 364 g/mol. The third kappa shape index (κ3) is 3.75. The van der Waals surface area contributed by atoms with E-state index >= 15 is 0 Å². The molecule has 2 aromatic heterocycles. The van der Waals surface area contributed by atoms with Gasteiger partial charge in [0.2, 0.25) is 0 Å². The Morgan fingerprint density at radius 3 is 2.63 bits per heavy atom. The van der Waals surface area contributed by atoms with Crippen LogP contribution in [0.3, 0.4) is 0 Å². The van der Waals surface area contributed by atoms with Crippen molar-refractivity contribution >= 4 is 23.2 Å². The van der Waals surface area contributed by atoms with Gasteiger partial charge >= 0.3 is 5.97 Å². The van der Waals surface area contributed by atoms with Crippen LogP contribution in [-0.4, -0.2) is 31.7 Å². The van der Waals surface area contributed by atoms with Gasteiger partial charge < -0.3 is 10.4 Å². The van der Waals surface area contributed by atoms with E-state index in [0.717, 1.165) is 16.7 Å². The van der Waals surface area contributed by atoms with Crippen molar-refractivity contribution in [3.05, 3.63) is 57.9 Å². The minimum absolute atomic E-state index is 0.394. The molecule has 1 aromatic carbocycles. The molecule has 1 unspecified atom stereocenters. The first-order valence-corrected chi connectivity index (χ1v) is 9.15. The van der Waals surface area contributed by atoms with Crippen LogP contribution < -0.4 is 5.32 Å². The standard InChI is InChI=1S/C19H20N4O3S/c1-10-6-5-7-14(11(10)2)15(19(25)26)22-17(24)16-12(3)21-18(27-16)13-8-20-23(4)9-13/h5-9,15H,1-4H3,(H,22,24)(H,25,26). The molecule has 0 aliphatic carbocycles. The van der Waals surface area contributed by atoms with Gasteiger partial charge in [-0.1, -0.05) is 18.2 Å². The summed E-state index contributed by atoms with van der Waals surface area (Å²) in [5.41, 5.74) is 3.77. The number of benzene rings is 1. The minimum atomic E-state index is -1.12. The molecule has 0 aliphatic rings. The van der Waals surface area contributed by atoms with Crippen molar-refractivity contribution in [1.29, 1.82) is 0 Å². The number of aliphatic carboxylic acids is 1. The molecule has 0 aliphatic heterocycles. The number of nitrogens with one attached hydrogen (secondary N) is 1. The Hall–Kier alpha value is -3.00. The summed E-state index contributed by atoms with van der Waals surface area (Å²) in [5.74, 6) is -1.56. The molecule has 1 atom stereocenters. The van der Waals surface area contributed by atoms with E-state index in [2.05, 4.69) is 15.4 Å². The summed E-state index contributed by atoms with van der Waals surface area (Å²) in [5, 5.41) is 17.1. The SMILES string of the molecule is Cc1cccc(C(NC(=O)c2sc(-c3cnn(C)c3)nc2C)C(=O)O)c1C. The number of aryl methyl sites for hydroxylation is 3. The molecule has 0 radical (unpaired) electrons. The minimum Gasteiger partial charge on any atom is -0.479 e. The van der Waals surface area contributed by atoms with Gasteiger partial charge in [-0.15, -0.1) is 11.3 Å². The Labute approximate surface area is 160 Å². The summed E-state index contributed by atoms with van der Waals surface area (Å²) < 4.78 is 1.66. The van der Waals surface area contributed by atoms with E-state index in [9.17, 15) is 14.7 Å². The fraction of sp³-hybridized carbons (Fsp3) is 0.263. The van der Waals surface area contributed by atoms with Crippen LogP contribution in [0.1, 0.15) is 38.1 Å². The Morgan fingerprint density at radius 2 is 2.00 bits per heavy atom. The molecule has 3 rings (SSSR count). The van der Waals surface area contributed by atoms with Gasteiger partial charge in [-0.05, 0) is 37.5 Å². The van der Waals surface area contributed by atoms with Crippen LogP contribution in [0.4, 0.5) is 0 Å². The molecule has 0 saturated heterocycles. The lowest BCUT2D eigenvalue weighted by Gasteiger charge is -2.18. The largest absolute Gasteiger partial charge is 0.479 e. The predicted octanol–water partition coefficient (Wildman–Crippen LogP) is 3.02. The molecular formula is C19H20N4O3S. The van der Waals surface area contributed by atoms with Crippen LogP contribution >= 0.6 is 11.3 Å².